The molecule has 0 fully saturated rings. The van der Waals surface area contributed by atoms with Crippen LogP contribution in [0.1, 0.15) is 23.2 Å². The predicted molar refractivity (Wildman–Crippen MR) is 111 cm³/mol. The number of benzene rings is 2. The molecule has 148 valence electrons. The Morgan fingerprint density at radius 1 is 1.11 bits per heavy atom. The number of carbonyl (C=O) groups is 3. The van der Waals surface area contributed by atoms with Crippen molar-refractivity contribution in [1.82, 2.24) is 5.32 Å². The SMILES string of the molecule is CNC(=O)c1cccc(NC(=O)COC(=O)CCCSc2ccc(Cl)cc2)c1. The number of ether oxygens (including phenoxy) is 1. The molecule has 2 N–H and O–H groups in total. The van der Waals surface area contributed by atoms with Gasteiger partial charge in [-0.3, -0.25) is 14.4 Å². The molecule has 0 atom stereocenters. The first-order valence-corrected chi connectivity index (χ1v) is 10.0. The molecule has 28 heavy (non-hydrogen) atoms. The lowest BCUT2D eigenvalue weighted by Gasteiger charge is -2.08. The summed E-state index contributed by atoms with van der Waals surface area (Å²) >= 11 is 7.46. The second-order valence-corrected chi connectivity index (χ2v) is 7.38. The minimum atomic E-state index is -0.460. The molecule has 0 saturated carbocycles. The van der Waals surface area contributed by atoms with Gasteiger partial charge in [0.2, 0.25) is 0 Å². The summed E-state index contributed by atoms with van der Waals surface area (Å²) in [6.07, 6.45) is 0.877. The maximum atomic E-state index is 11.9. The van der Waals surface area contributed by atoms with Gasteiger partial charge in [0, 0.05) is 34.6 Å². The fraction of sp³-hybridized carbons (Fsp3) is 0.250. The Hall–Kier alpha value is -2.51. The second kappa shape index (κ2) is 11.4. The van der Waals surface area contributed by atoms with Crippen molar-refractivity contribution in [3.8, 4) is 0 Å². The Balaban J connectivity index is 1.66. The summed E-state index contributed by atoms with van der Waals surface area (Å²) < 4.78 is 4.99. The zero-order valence-electron chi connectivity index (χ0n) is 15.4. The molecule has 0 heterocycles. The van der Waals surface area contributed by atoms with E-state index < -0.39 is 11.9 Å². The molecular weight excluding hydrogens is 400 g/mol. The Morgan fingerprint density at radius 3 is 2.57 bits per heavy atom. The van der Waals surface area contributed by atoms with Crippen LogP contribution in [-0.2, 0) is 14.3 Å². The highest BCUT2D eigenvalue weighted by Gasteiger charge is 2.09. The van der Waals surface area contributed by atoms with Gasteiger partial charge in [-0.2, -0.15) is 0 Å². The van der Waals surface area contributed by atoms with Gasteiger partial charge in [-0.05, 0) is 54.6 Å². The lowest BCUT2D eigenvalue weighted by Crippen LogP contribution is -2.21. The van der Waals surface area contributed by atoms with Gasteiger partial charge in [-0.1, -0.05) is 17.7 Å². The lowest BCUT2D eigenvalue weighted by atomic mass is 10.2. The van der Waals surface area contributed by atoms with E-state index in [0.717, 1.165) is 10.6 Å². The number of hydrogen-bond donors (Lipinski definition) is 2. The maximum absolute atomic E-state index is 11.9. The zero-order chi connectivity index (χ0) is 20.4. The zero-order valence-corrected chi connectivity index (χ0v) is 16.9. The fourth-order valence-corrected chi connectivity index (χ4v) is 3.21. The number of carbonyl (C=O) groups excluding carboxylic acids is 3. The van der Waals surface area contributed by atoms with Crippen LogP contribution in [0, 0.1) is 0 Å². The molecule has 0 aliphatic carbocycles. The predicted octanol–water partition coefficient (Wildman–Crippen LogP) is 3.75. The van der Waals surface area contributed by atoms with E-state index in [9.17, 15) is 14.4 Å². The Kier molecular flexibility index (Phi) is 8.84. The van der Waals surface area contributed by atoms with Crippen LogP contribution in [0.15, 0.2) is 53.4 Å². The molecule has 8 heteroatoms. The van der Waals surface area contributed by atoms with E-state index in [4.69, 9.17) is 16.3 Å². The van der Waals surface area contributed by atoms with Crippen molar-refractivity contribution >= 4 is 46.8 Å². The molecule has 2 aromatic carbocycles. The van der Waals surface area contributed by atoms with E-state index in [2.05, 4.69) is 10.6 Å². The molecular formula is C20H21ClN2O4S. The van der Waals surface area contributed by atoms with Crippen molar-refractivity contribution in [3.63, 3.8) is 0 Å². The molecule has 0 aliphatic rings. The molecule has 0 saturated heterocycles. The van der Waals surface area contributed by atoms with Crippen LogP contribution in [0.2, 0.25) is 5.02 Å². The summed E-state index contributed by atoms with van der Waals surface area (Å²) in [5.41, 5.74) is 0.886. The highest BCUT2D eigenvalue weighted by atomic mass is 35.5. The summed E-state index contributed by atoms with van der Waals surface area (Å²) in [4.78, 5) is 36.3. The molecule has 6 nitrogen and oxygen atoms in total. The monoisotopic (exact) mass is 420 g/mol. The summed E-state index contributed by atoms with van der Waals surface area (Å²) in [7, 11) is 1.53. The minimum absolute atomic E-state index is 0.236. The number of thioether (sulfide) groups is 1. The highest BCUT2D eigenvalue weighted by Crippen LogP contribution is 2.21. The van der Waals surface area contributed by atoms with E-state index in [1.165, 1.54) is 7.05 Å². The number of anilines is 1. The first-order valence-electron chi connectivity index (χ1n) is 8.64. The van der Waals surface area contributed by atoms with Crippen LogP contribution >= 0.6 is 23.4 Å². The quantitative estimate of drug-likeness (QED) is 0.366. The third kappa shape index (κ3) is 7.62. The van der Waals surface area contributed by atoms with Crippen LogP contribution in [0.4, 0.5) is 5.69 Å². The standard InChI is InChI=1S/C20H21ClN2O4S/c1-22-20(26)14-4-2-5-16(12-14)23-18(24)13-27-19(25)6-3-11-28-17-9-7-15(21)8-10-17/h2,4-5,7-10,12H,3,6,11,13H2,1H3,(H,22,26)(H,23,24). The van der Waals surface area contributed by atoms with Crippen molar-refractivity contribution in [3.05, 3.63) is 59.1 Å². The van der Waals surface area contributed by atoms with Crippen LogP contribution < -0.4 is 10.6 Å². The van der Waals surface area contributed by atoms with Crippen LogP contribution in [0.5, 0.6) is 0 Å². The molecule has 0 bridgehead atoms. The number of rotatable bonds is 9. The van der Waals surface area contributed by atoms with E-state index in [-0.39, 0.29) is 18.9 Å². The Bertz CT molecular complexity index is 827. The molecule has 2 rings (SSSR count). The van der Waals surface area contributed by atoms with E-state index in [1.54, 1.807) is 36.0 Å². The third-order valence-electron chi connectivity index (χ3n) is 3.61. The van der Waals surface area contributed by atoms with E-state index in [0.29, 0.717) is 22.7 Å². The number of hydrogen-bond acceptors (Lipinski definition) is 5. The average molecular weight is 421 g/mol. The van der Waals surface area contributed by atoms with Gasteiger partial charge in [-0.15, -0.1) is 11.8 Å². The molecule has 0 unspecified atom stereocenters. The normalized spacial score (nSPS) is 10.2. The lowest BCUT2D eigenvalue weighted by molar-refractivity contribution is -0.147. The smallest absolute Gasteiger partial charge is 0.306 e. The van der Waals surface area contributed by atoms with Crippen molar-refractivity contribution in [1.29, 1.82) is 0 Å². The van der Waals surface area contributed by atoms with Crippen molar-refractivity contribution in [2.45, 2.75) is 17.7 Å². The first kappa shape index (κ1) is 21.8. The summed E-state index contributed by atoms with van der Waals surface area (Å²) in [5, 5.41) is 5.80. The third-order valence-corrected chi connectivity index (χ3v) is 4.96. The van der Waals surface area contributed by atoms with Gasteiger partial charge in [-0.25, -0.2) is 0 Å². The van der Waals surface area contributed by atoms with Gasteiger partial charge in [0.05, 0.1) is 0 Å². The van der Waals surface area contributed by atoms with Crippen LogP contribution in [0.3, 0.4) is 0 Å². The van der Waals surface area contributed by atoms with Gasteiger partial charge in [0.15, 0.2) is 6.61 Å². The molecule has 0 aliphatic heterocycles. The van der Waals surface area contributed by atoms with Gasteiger partial charge >= 0.3 is 5.97 Å². The van der Waals surface area contributed by atoms with Crippen molar-refractivity contribution in [2.24, 2.45) is 0 Å². The topological polar surface area (TPSA) is 84.5 Å². The van der Waals surface area contributed by atoms with Crippen molar-refractivity contribution < 1.29 is 19.1 Å². The second-order valence-electron chi connectivity index (χ2n) is 5.77. The number of nitrogens with one attached hydrogen (secondary N) is 2. The average Bonchev–Trinajstić information content (AvgIpc) is 2.70. The molecule has 0 aromatic heterocycles. The van der Waals surface area contributed by atoms with Gasteiger partial charge in [0.25, 0.3) is 11.8 Å². The van der Waals surface area contributed by atoms with E-state index >= 15 is 0 Å². The van der Waals surface area contributed by atoms with Gasteiger partial charge in [0.1, 0.15) is 0 Å². The molecule has 2 amide bonds. The Labute approximate surface area is 173 Å². The summed E-state index contributed by atoms with van der Waals surface area (Å²) in [6, 6.07) is 14.0. The number of esters is 1. The van der Waals surface area contributed by atoms with Gasteiger partial charge < -0.3 is 15.4 Å². The Morgan fingerprint density at radius 2 is 1.86 bits per heavy atom. The highest BCUT2D eigenvalue weighted by molar-refractivity contribution is 7.99. The van der Waals surface area contributed by atoms with Crippen molar-refractivity contribution in [2.75, 3.05) is 24.7 Å². The fourth-order valence-electron chi connectivity index (χ4n) is 2.24. The van der Waals surface area contributed by atoms with Crippen LogP contribution in [-0.4, -0.2) is 37.2 Å². The minimum Gasteiger partial charge on any atom is -0.456 e. The van der Waals surface area contributed by atoms with Crippen LogP contribution in [0.25, 0.3) is 0 Å². The summed E-state index contributed by atoms with van der Waals surface area (Å²) in [5.74, 6) is -0.377. The van der Waals surface area contributed by atoms with E-state index in [1.807, 2.05) is 24.3 Å². The summed E-state index contributed by atoms with van der Waals surface area (Å²) in [6.45, 7) is -0.368. The molecule has 0 spiro atoms. The molecule has 2 aromatic rings. The first-order chi connectivity index (χ1) is 13.5. The number of halogens is 1. The largest absolute Gasteiger partial charge is 0.456 e. The molecule has 0 radical (unpaired) electrons. The maximum Gasteiger partial charge on any atom is 0.306 e. The number of amides is 2.